The van der Waals surface area contributed by atoms with Crippen LogP contribution in [0.3, 0.4) is 0 Å². The maximum Gasteiger partial charge on any atom is 0.221 e. The van der Waals surface area contributed by atoms with E-state index in [1.165, 1.54) is 0 Å². The number of rotatable bonds is 8. The van der Waals surface area contributed by atoms with E-state index in [-0.39, 0.29) is 24.4 Å². The molecule has 2 aromatic carbocycles. The van der Waals surface area contributed by atoms with Crippen molar-refractivity contribution >= 4 is 18.3 Å². The standard InChI is InChI=1S/C19H24N2O3.ClH/c1-14(20)10-19(22)21-12-16-8-9-17(18(11-16)23-2)24-13-15-6-4-3-5-7-15;/h3-9,11,14H,10,12-13,20H2,1-2H3,(H,21,22);1H. The minimum atomic E-state index is -0.145. The molecule has 0 saturated heterocycles. The lowest BCUT2D eigenvalue weighted by atomic mass is 10.2. The van der Waals surface area contributed by atoms with Crippen LogP contribution >= 0.6 is 12.4 Å². The summed E-state index contributed by atoms with van der Waals surface area (Å²) in [5.74, 6) is 1.25. The van der Waals surface area contributed by atoms with Crippen LogP contribution in [0.4, 0.5) is 0 Å². The number of hydrogen-bond acceptors (Lipinski definition) is 4. The van der Waals surface area contributed by atoms with Crippen LogP contribution in [0.2, 0.25) is 0 Å². The minimum absolute atomic E-state index is 0. The highest BCUT2D eigenvalue weighted by Crippen LogP contribution is 2.28. The first-order valence-corrected chi connectivity index (χ1v) is 7.94. The zero-order valence-electron chi connectivity index (χ0n) is 14.5. The van der Waals surface area contributed by atoms with Crippen molar-refractivity contribution in [1.29, 1.82) is 0 Å². The smallest absolute Gasteiger partial charge is 0.221 e. The van der Waals surface area contributed by atoms with Gasteiger partial charge in [0.05, 0.1) is 7.11 Å². The number of hydrogen-bond donors (Lipinski definition) is 2. The predicted molar refractivity (Wildman–Crippen MR) is 101 cm³/mol. The van der Waals surface area contributed by atoms with Crippen molar-refractivity contribution < 1.29 is 14.3 Å². The van der Waals surface area contributed by atoms with Gasteiger partial charge in [-0.25, -0.2) is 0 Å². The number of methoxy groups -OCH3 is 1. The normalized spacial score (nSPS) is 11.2. The Morgan fingerprint density at radius 2 is 1.84 bits per heavy atom. The number of carbonyl (C=O) groups is 1. The van der Waals surface area contributed by atoms with Gasteiger partial charge >= 0.3 is 0 Å². The van der Waals surface area contributed by atoms with E-state index in [1.54, 1.807) is 7.11 Å². The maximum atomic E-state index is 11.7. The first-order chi connectivity index (χ1) is 11.6. The maximum absolute atomic E-state index is 11.7. The Morgan fingerprint density at radius 3 is 2.48 bits per heavy atom. The second-order valence-electron chi connectivity index (χ2n) is 5.72. The van der Waals surface area contributed by atoms with E-state index in [2.05, 4.69) is 5.32 Å². The van der Waals surface area contributed by atoms with Gasteiger partial charge in [0.1, 0.15) is 6.61 Å². The summed E-state index contributed by atoms with van der Waals surface area (Å²) in [5, 5.41) is 2.84. The molecule has 1 atom stereocenters. The number of amides is 1. The summed E-state index contributed by atoms with van der Waals surface area (Å²) in [4.78, 5) is 11.7. The third-order valence-electron chi connectivity index (χ3n) is 3.46. The van der Waals surface area contributed by atoms with Gasteiger partial charge in [-0.2, -0.15) is 0 Å². The van der Waals surface area contributed by atoms with Crippen LogP contribution in [0.15, 0.2) is 48.5 Å². The van der Waals surface area contributed by atoms with E-state index < -0.39 is 0 Å². The molecule has 0 aromatic heterocycles. The molecule has 6 heteroatoms. The summed E-state index contributed by atoms with van der Waals surface area (Å²) in [6.45, 7) is 2.71. The molecule has 0 bridgehead atoms. The number of benzene rings is 2. The lowest BCUT2D eigenvalue weighted by molar-refractivity contribution is -0.121. The van der Waals surface area contributed by atoms with Gasteiger partial charge in [0, 0.05) is 19.0 Å². The van der Waals surface area contributed by atoms with Crippen molar-refractivity contribution in [2.75, 3.05) is 7.11 Å². The molecule has 0 aliphatic carbocycles. The Bertz CT molecular complexity index is 663. The van der Waals surface area contributed by atoms with Crippen molar-refractivity contribution in [3.05, 3.63) is 59.7 Å². The molecule has 2 rings (SSSR count). The summed E-state index contributed by atoms with van der Waals surface area (Å²) in [6, 6.07) is 15.4. The quantitative estimate of drug-likeness (QED) is 0.755. The zero-order chi connectivity index (χ0) is 17.4. The second kappa shape index (κ2) is 10.6. The SMILES string of the molecule is COc1cc(CNC(=O)CC(C)N)ccc1OCc1ccccc1.Cl. The molecular weight excluding hydrogens is 340 g/mol. The number of nitrogens with two attached hydrogens (primary N) is 1. The molecular formula is C19H25ClN2O3. The molecule has 1 amide bonds. The van der Waals surface area contributed by atoms with Crippen molar-refractivity contribution in [3.63, 3.8) is 0 Å². The highest BCUT2D eigenvalue weighted by atomic mass is 35.5. The van der Waals surface area contributed by atoms with E-state index in [9.17, 15) is 4.79 Å². The summed E-state index contributed by atoms with van der Waals surface area (Å²) < 4.78 is 11.2. The van der Waals surface area contributed by atoms with E-state index in [0.29, 0.717) is 31.1 Å². The van der Waals surface area contributed by atoms with Crippen LogP contribution in [0.25, 0.3) is 0 Å². The Morgan fingerprint density at radius 1 is 1.12 bits per heavy atom. The van der Waals surface area contributed by atoms with Crippen molar-refractivity contribution in [3.8, 4) is 11.5 Å². The third-order valence-corrected chi connectivity index (χ3v) is 3.46. The van der Waals surface area contributed by atoms with Gasteiger partial charge in [-0.1, -0.05) is 36.4 Å². The molecule has 0 fully saturated rings. The van der Waals surface area contributed by atoms with Gasteiger partial charge in [0.2, 0.25) is 5.91 Å². The summed E-state index contributed by atoms with van der Waals surface area (Å²) >= 11 is 0. The minimum Gasteiger partial charge on any atom is -0.493 e. The van der Waals surface area contributed by atoms with E-state index in [4.69, 9.17) is 15.2 Å². The Balaban J connectivity index is 0.00000312. The van der Waals surface area contributed by atoms with Crippen molar-refractivity contribution in [1.82, 2.24) is 5.32 Å². The van der Waals surface area contributed by atoms with E-state index >= 15 is 0 Å². The molecule has 1 unspecified atom stereocenters. The number of ether oxygens (including phenoxy) is 2. The van der Waals surface area contributed by atoms with Crippen molar-refractivity contribution in [2.45, 2.75) is 32.5 Å². The fourth-order valence-corrected chi connectivity index (χ4v) is 2.24. The molecule has 5 nitrogen and oxygen atoms in total. The monoisotopic (exact) mass is 364 g/mol. The van der Waals surface area contributed by atoms with E-state index in [1.807, 2.05) is 55.5 Å². The first-order valence-electron chi connectivity index (χ1n) is 7.94. The predicted octanol–water partition coefficient (Wildman–Crippen LogP) is 3.05. The average Bonchev–Trinajstić information content (AvgIpc) is 2.58. The highest BCUT2D eigenvalue weighted by molar-refractivity contribution is 5.85. The van der Waals surface area contributed by atoms with Gasteiger partial charge in [0.25, 0.3) is 0 Å². The fraction of sp³-hybridized carbons (Fsp3) is 0.316. The third kappa shape index (κ3) is 7.03. The molecule has 0 heterocycles. The molecule has 0 aliphatic heterocycles. The highest BCUT2D eigenvalue weighted by Gasteiger charge is 2.08. The van der Waals surface area contributed by atoms with Gasteiger partial charge in [-0.15, -0.1) is 12.4 Å². The molecule has 25 heavy (non-hydrogen) atoms. The largest absolute Gasteiger partial charge is 0.493 e. The topological polar surface area (TPSA) is 73.6 Å². The second-order valence-corrected chi connectivity index (χ2v) is 5.72. The number of halogens is 1. The van der Waals surface area contributed by atoms with Gasteiger partial charge in [-0.3, -0.25) is 4.79 Å². The van der Waals surface area contributed by atoms with Crippen LogP contribution in [0.5, 0.6) is 11.5 Å². The number of carbonyl (C=O) groups excluding carboxylic acids is 1. The lowest BCUT2D eigenvalue weighted by Gasteiger charge is -2.13. The first kappa shape index (κ1) is 20.8. The van der Waals surface area contributed by atoms with Gasteiger partial charge in [0.15, 0.2) is 11.5 Å². The van der Waals surface area contributed by atoms with Crippen LogP contribution in [0, 0.1) is 0 Å². The van der Waals surface area contributed by atoms with Gasteiger partial charge < -0.3 is 20.5 Å². The Labute approximate surface area is 154 Å². The zero-order valence-corrected chi connectivity index (χ0v) is 15.3. The summed E-state index contributed by atoms with van der Waals surface area (Å²) in [5.41, 5.74) is 7.64. The summed E-state index contributed by atoms with van der Waals surface area (Å²) in [6.07, 6.45) is 0.315. The molecule has 136 valence electrons. The Kier molecular flexibility index (Phi) is 8.81. The molecule has 0 aliphatic rings. The fourth-order valence-electron chi connectivity index (χ4n) is 2.24. The number of nitrogens with one attached hydrogen (secondary N) is 1. The summed E-state index contributed by atoms with van der Waals surface area (Å²) in [7, 11) is 1.60. The van der Waals surface area contributed by atoms with E-state index in [0.717, 1.165) is 11.1 Å². The molecule has 0 saturated carbocycles. The van der Waals surface area contributed by atoms with Crippen LogP contribution in [0.1, 0.15) is 24.5 Å². The van der Waals surface area contributed by atoms with Crippen molar-refractivity contribution in [2.24, 2.45) is 5.73 Å². The molecule has 2 aromatic rings. The average molecular weight is 365 g/mol. The lowest BCUT2D eigenvalue weighted by Crippen LogP contribution is -2.29. The molecule has 0 radical (unpaired) electrons. The molecule has 3 N–H and O–H groups in total. The molecule has 0 spiro atoms. The van der Waals surface area contributed by atoms with Crippen LogP contribution in [-0.2, 0) is 17.9 Å². The van der Waals surface area contributed by atoms with Gasteiger partial charge in [-0.05, 0) is 30.2 Å². The van der Waals surface area contributed by atoms with Crippen LogP contribution < -0.4 is 20.5 Å². The van der Waals surface area contributed by atoms with Crippen LogP contribution in [-0.4, -0.2) is 19.1 Å². The Hall–Kier alpha value is -2.24.